The Bertz CT molecular complexity index is 1060. The molecule has 5 nitrogen and oxygen atoms in total. The molecule has 0 bridgehead atoms. The van der Waals surface area contributed by atoms with Gasteiger partial charge >= 0.3 is 0 Å². The highest BCUT2D eigenvalue weighted by Crippen LogP contribution is 2.27. The van der Waals surface area contributed by atoms with Crippen LogP contribution >= 0.6 is 11.3 Å². The van der Waals surface area contributed by atoms with E-state index in [-0.39, 0.29) is 18.3 Å². The van der Waals surface area contributed by atoms with Crippen LogP contribution in [0.5, 0.6) is 0 Å². The van der Waals surface area contributed by atoms with E-state index in [0.29, 0.717) is 5.69 Å². The Hall–Kier alpha value is -3.32. The van der Waals surface area contributed by atoms with Crippen molar-refractivity contribution >= 4 is 22.9 Å². The van der Waals surface area contributed by atoms with Gasteiger partial charge in [0.25, 0.3) is 0 Å². The van der Waals surface area contributed by atoms with Crippen LogP contribution in [0.15, 0.2) is 72.5 Å². The summed E-state index contributed by atoms with van der Waals surface area (Å²) in [6.45, 7) is 0.112. The number of imidazole rings is 1. The van der Waals surface area contributed by atoms with Crippen molar-refractivity contribution in [2.75, 3.05) is 5.32 Å². The van der Waals surface area contributed by atoms with E-state index in [4.69, 9.17) is 0 Å². The van der Waals surface area contributed by atoms with Gasteiger partial charge < -0.3 is 9.88 Å². The molecule has 0 fully saturated rings. The summed E-state index contributed by atoms with van der Waals surface area (Å²) in [4.78, 5) is 21.1. The van der Waals surface area contributed by atoms with Crippen molar-refractivity contribution in [2.45, 2.75) is 6.54 Å². The van der Waals surface area contributed by atoms with Gasteiger partial charge in [-0.1, -0.05) is 30.3 Å². The van der Waals surface area contributed by atoms with E-state index in [9.17, 15) is 9.18 Å². The maximum atomic E-state index is 12.9. The second-order valence-electron chi connectivity index (χ2n) is 5.89. The summed E-state index contributed by atoms with van der Waals surface area (Å²) in [5, 5.41) is 5.51. The Labute approximate surface area is 159 Å². The number of amides is 1. The number of nitrogens with zero attached hydrogens (tertiary/aromatic N) is 3. The highest BCUT2D eigenvalue weighted by molar-refractivity contribution is 7.13. The van der Waals surface area contributed by atoms with Crippen LogP contribution in [0.1, 0.15) is 0 Å². The summed E-state index contributed by atoms with van der Waals surface area (Å²) in [7, 11) is 0. The number of hydrogen-bond donors (Lipinski definition) is 1. The fraction of sp³-hybridized carbons (Fsp3) is 0.0500. The molecule has 0 aliphatic heterocycles. The molecule has 2 aromatic heterocycles. The standard InChI is InChI=1S/C20H15FN4OS/c21-15-6-8-16(9-7-15)23-19(26)11-25-10-17(22-13-25)20-24-18(12-27-20)14-4-2-1-3-5-14/h1-10,12-13H,11H2,(H,23,26). The Morgan fingerprint density at radius 3 is 2.63 bits per heavy atom. The van der Waals surface area contributed by atoms with Crippen LogP contribution in [-0.2, 0) is 11.3 Å². The van der Waals surface area contributed by atoms with Gasteiger partial charge in [-0.25, -0.2) is 14.4 Å². The molecular formula is C20H15FN4OS. The van der Waals surface area contributed by atoms with Crippen molar-refractivity contribution in [1.29, 1.82) is 0 Å². The molecule has 134 valence electrons. The number of benzene rings is 2. The Balaban J connectivity index is 1.43. The van der Waals surface area contributed by atoms with Gasteiger partial charge in [-0.3, -0.25) is 4.79 Å². The number of carbonyl (C=O) groups is 1. The van der Waals surface area contributed by atoms with E-state index in [1.54, 1.807) is 17.1 Å². The van der Waals surface area contributed by atoms with E-state index in [1.807, 2.05) is 35.7 Å². The van der Waals surface area contributed by atoms with Gasteiger partial charge in [-0.2, -0.15) is 0 Å². The highest BCUT2D eigenvalue weighted by Gasteiger charge is 2.11. The predicted octanol–water partition coefficient (Wildman–Crippen LogP) is 4.45. The molecule has 7 heteroatoms. The third kappa shape index (κ3) is 4.09. The molecule has 0 saturated carbocycles. The quantitative estimate of drug-likeness (QED) is 0.558. The van der Waals surface area contributed by atoms with Crippen molar-refractivity contribution in [2.24, 2.45) is 0 Å². The third-order valence-electron chi connectivity index (χ3n) is 3.88. The van der Waals surface area contributed by atoms with Gasteiger partial charge in [0.2, 0.25) is 5.91 Å². The van der Waals surface area contributed by atoms with Crippen LogP contribution in [0.4, 0.5) is 10.1 Å². The lowest BCUT2D eigenvalue weighted by atomic mass is 10.2. The second-order valence-corrected chi connectivity index (χ2v) is 6.75. The number of nitrogens with one attached hydrogen (secondary N) is 1. The number of rotatable bonds is 5. The van der Waals surface area contributed by atoms with Gasteiger partial charge in [0.15, 0.2) is 0 Å². The Kier molecular flexibility index (Phi) is 4.76. The van der Waals surface area contributed by atoms with Crippen molar-refractivity contribution in [3.05, 3.63) is 78.3 Å². The first-order valence-corrected chi connectivity index (χ1v) is 9.14. The molecular weight excluding hydrogens is 363 g/mol. The summed E-state index contributed by atoms with van der Waals surface area (Å²) in [6.07, 6.45) is 3.39. The molecule has 0 radical (unpaired) electrons. The molecule has 0 atom stereocenters. The lowest BCUT2D eigenvalue weighted by Gasteiger charge is -2.05. The van der Waals surface area contributed by atoms with Gasteiger partial charge in [-0.15, -0.1) is 11.3 Å². The topological polar surface area (TPSA) is 59.8 Å². The van der Waals surface area contributed by atoms with Crippen LogP contribution in [0.3, 0.4) is 0 Å². The van der Waals surface area contributed by atoms with Crippen LogP contribution < -0.4 is 5.32 Å². The lowest BCUT2D eigenvalue weighted by molar-refractivity contribution is -0.116. The van der Waals surface area contributed by atoms with Gasteiger partial charge in [0.1, 0.15) is 23.1 Å². The second kappa shape index (κ2) is 7.51. The highest BCUT2D eigenvalue weighted by atomic mass is 32.1. The smallest absolute Gasteiger partial charge is 0.244 e. The van der Waals surface area contributed by atoms with Gasteiger partial charge in [-0.05, 0) is 24.3 Å². The summed E-state index contributed by atoms with van der Waals surface area (Å²) >= 11 is 1.51. The number of hydrogen-bond acceptors (Lipinski definition) is 4. The maximum Gasteiger partial charge on any atom is 0.244 e. The van der Waals surface area contributed by atoms with Crippen molar-refractivity contribution in [3.8, 4) is 22.0 Å². The SMILES string of the molecule is O=C(Cn1cnc(-c2nc(-c3ccccc3)cs2)c1)Nc1ccc(F)cc1. The van der Waals surface area contributed by atoms with E-state index in [1.165, 1.54) is 35.6 Å². The number of aromatic nitrogens is 3. The van der Waals surface area contributed by atoms with Crippen molar-refractivity contribution in [3.63, 3.8) is 0 Å². The van der Waals surface area contributed by atoms with E-state index < -0.39 is 0 Å². The fourth-order valence-corrected chi connectivity index (χ4v) is 3.38. The molecule has 2 heterocycles. The third-order valence-corrected chi connectivity index (χ3v) is 4.75. The summed E-state index contributed by atoms with van der Waals surface area (Å²) in [5.74, 6) is -0.555. The molecule has 27 heavy (non-hydrogen) atoms. The van der Waals surface area contributed by atoms with Crippen LogP contribution in [-0.4, -0.2) is 20.4 Å². The molecule has 0 spiro atoms. The minimum atomic E-state index is -0.342. The lowest BCUT2D eigenvalue weighted by Crippen LogP contribution is -2.17. The first kappa shape index (κ1) is 17.1. The first-order valence-electron chi connectivity index (χ1n) is 8.26. The average molecular weight is 378 g/mol. The zero-order chi connectivity index (χ0) is 18.6. The molecule has 0 saturated heterocycles. The number of thiazole rings is 1. The number of carbonyl (C=O) groups excluding carboxylic acids is 1. The Morgan fingerprint density at radius 2 is 1.85 bits per heavy atom. The molecule has 4 aromatic rings. The fourth-order valence-electron chi connectivity index (χ4n) is 2.59. The van der Waals surface area contributed by atoms with Gasteiger partial charge in [0, 0.05) is 22.8 Å². The molecule has 0 aliphatic carbocycles. The molecule has 2 aromatic carbocycles. The summed E-state index contributed by atoms with van der Waals surface area (Å²) < 4.78 is 14.6. The van der Waals surface area contributed by atoms with Crippen molar-refractivity contribution in [1.82, 2.24) is 14.5 Å². The summed E-state index contributed by atoms with van der Waals surface area (Å²) in [6, 6.07) is 15.6. The van der Waals surface area contributed by atoms with E-state index >= 15 is 0 Å². The number of anilines is 1. The average Bonchev–Trinajstić information content (AvgIpc) is 3.34. The van der Waals surface area contributed by atoms with E-state index in [2.05, 4.69) is 15.3 Å². The van der Waals surface area contributed by atoms with Crippen molar-refractivity contribution < 1.29 is 9.18 Å². The van der Waals surface area contributed by atoms with Crippen LogP contribution in [0.2, 0.25) is 0 Å². The molecule has 4 rings (SSSR count). The summed E-state index contributed by atoms with van der Waals surface area (Å²) in [5.41, 5.74) is 3.23. The molecule has 0 aliphatic rings. The normalized spacial score (nSPS) is 10.7. The van der Waals surface area contributed by atoms with E-state index in [0.717, 1.165) is 22.0 Å². The molecule has 0 unspecified atom stereocenters. The van der Waals surface area contributed by atoms with Crippen LogP contribution in [0.25, 0.3) is 22.0 Å². The zero-order valence-electron chi connectivity index (χ0n) is 14.2. The number of halogens is 1. The largest absolute Gasteiger partial charge is 0.327 e. The maximum absolute atomic E-state index is 12.9. The molecule has 1 N–H and O–H groups in total. The first-order chi connectivity index (χ1) is 13.2. The monoisotopic (exact) mass is 378 g/mol. The minimum absolute atomic E-state index is 0.112. The van der Waals surface area contributed by atoms with Crippen LogP contribution in [0, 0.1) is 5.82 Å². The zero-order valence-corrected chi connectivity index (χ0v) is 15.0. The molecule has 1 amide bonds. The minimum Gasteiger partial charge on any atom is -0.327 e. The van der Waals surface area contributed by atoms with Gasteiger partial charge in [0.05, 0.1) is 12.0 Å². The predicted molar refractivity (Wildman–Crippen MR) is 104 cm³/mol. The Morgan fingerprint density at radius 1 is 1.07 bits per heavy atom.